The average Bonchev–Trinajstić information content (AvgIpc) is 3.14. The van der Waals surface area contributed by atoms with E-state index in [1.54, 1.807) is 18.2 Å². The van der Waals surface area contributed by atoms with Gasteiger partial charge in [0.15, 0.2) is 5.13 Å². The molecule has 25 heavy (non-hydrogen) atoms. The molecule has 0 fully saturated rings. The lowest BCUT2D eigenvalue weighted by Gasteiger charge is -2.07. The molecule has 2 aromatic heterocycles. The van der Waals surface area contributed by atoms with Crippen LogP contribution < -0.4 is 14.8 Å². The van der Waals surface area contributed by atoms with Gasteiger partial charge >= 0.3 is 6.03 Å². The van der Waals surface area contributed by atoms with E-state index in [4.69, 9.17) is 4.74 Å². The van der Waals surface area contributed by atoms with Gasteiger partial charge in [0.1, 0.15) is 10.6 Å². The largest absolute Gasteiger partial charge is 0.492 e. The molecule has 0 atom stereocenters. The third kappa shape index (κ3) is 3.78. The smallest absolute Gasteiger partial charge is 0.334 e. The first-order valence-corrected chi connectivity index (χ1v) is 10.2. The molecule has 0 aliphatic rings. The third-order valence-corrected chi connectivity index (χ3v) is 5.92. The Morgan fingerprint density at radius 2 is 2.24 bits per heavy atom. The van der Waals surface area contributed by atoms with Gasteiger partial charge in [-0.25, -0.2) is 22.9 Å². The van der Waals surface area contributed by atoms with Crippen molar-refractivity contribution in [2.24, 2.45) is 0 Å². The monoisotopic (exact) mass is 444 g/mol. The number of carbonyl (C=O) groups excluding carboxylic acids is 1. The first-order chi connectivity index (χ1) is 11.9. The summed E-state index contributed by atoms with van der Waals surface area (Å²) in [5.41, 5.74) is 0.550. The molecule has 0 bridgehead atoms. The molecule has 0 aliphatic heterocycles. The number of rotatable bonds is 5. The Morgan fingerprint density at radius 1 is 1.44 bits per heavy atom. The molecule has 2 amide bonds. The summed E-state index contributed by atoms with van der Waals surface area (Å²) in [5, 5.41) is 3.08. The van der Waals surface area contributed by atoms with Gasteiger partial charge in [-0.15, -0.1) is 0 Å². The normalized spacial score (nSPS) is 11.4. The van der Waals surface area contributed by atoms with E-state index in [-0.39, 0.29) is 10.0 Å². The number of thiazole rings is 1. The van der Waals surface area contributed by atoms with Crippen molar-refractivity contribution in [2.45, 2.75) is 11.8 Å². The molecular weight excluding hydrogens is 432 g/mol. The molecule has 0 saturated carbocycles. The Kier molecular flexibility index (Phi) is 4.97. The summed E-state index contributed by atoms with van der Waals surface area (Å²) in [6.45, 7) is 2.28. The number of nitrogens with one attached hydrogen (secondary N) is 3. The molecule has 1 aromatic carbocycles. The van der Waals surface area contributed by atoms with Crippen LogP contribution in [0.2, 0.25) is 0 Å². The van der Waals surface area contributed by atoms with Gasteiger partial charge in [-0.3, -0.25) is 5.32 Å². The number of amides is 2. The highest BCUT2D eigenvalue weighted by Crippen LogP contribution is 2.30. The molecule has 3 aromatic rings. The van der Waals surface area contributed by atoms with Crippen molar-refractivity contribution in [3.8, 4) is 5.75 Å². The minimum Gasteiger partial charge on any atom is -0.492 e. The summed E-state index contributed by atoms with van der Waals surface area (Å²) >= 11 is 4.38. The number of carbonyl (C=O) groups is 1. The van der Waals surface area contributed by atoms with Crippen molar-refractivity contribution in [3.05, 3.63) is 34.4 Å². The summed E-state index contributed by atoms with van der Waals surface area (Å²) in [7, 11) is -4.07. The fraction of sp³-hybridized carbons (Fsp3) is 0.143. The predicted octanol–water partition coefficient (Wildman–Crippen LogP) is 3.30. The standard InChI is InChI=1S/C14H13BrN4O4S2/c1-2-23-9-5-3-4-8-10(6-16-12(8)9)25(21,22)19-13(20)18-14-17-7-11(15)24-14/h3-7,16H,2H2,1H3,(H2,17,18,19,20). The van der Waals surface area contributed by atoms with Crippen LogP contribution in [0.15, 0.2) is 39.3 Å². The van der Waals surface area contributed by atoms with Crippen LogP contribution in [0, 0.1) is 0 Å². The quantitative estimate of drug-likeness (QED) is 0.558. The number of halogens is 1. The molecule has 0 radical (unpaired) electrons. The van der Waals surface area contributed by atoms with E-state index < -0.39 is 16.1 Å². The number of sulfonamides is 1. The Labute approximate surface area is 155 Å². The number of para-hydroxylation sites is 1. The third-order valence-electron chi connectivity index (χ3n) is 3.15. The molecule has 3 rings (SSSR count). The maximum absolute atomic E-state index is 12.5. The van der Waals surface area contributed by atoms with Crippen LogP contribution in [-0.4, -0.2) is 31.0 Å². The highest BCUT2D eigenvalue weighted by Gasteiger charge is 2.23. The Bertz CT molecular complexity index is 1030. The van der Waals surface area contributed by atoms with Gasteiger partial charge in [-0.05, 0) is 28.9 Å². The van der Waals surface area contributed by atoms with Crippen LogP contribution in [-0.2, 0) is 10.0 Å². The molecule has 132 valence electrons. The summed E-state index contributed by atoms with van der Waals surface area (Å²) in [5.74, 6) is 0.540. The summed E-state index contributed by atoms with van der Waals surface area (Å²) in [6, 6.07) is 4.17. The van der Waals surface area contributed by atoms with Crippen LogP contribution in [0.3, 0.4) is 0 Å². The van der Waals surface area contributed by atoms with Crippen molar-refractivity contribution in [1.82, 2.24) is 14.7 Å². The van der Waals surface area contributed by atoms with Gasteiger partial charge in [-0.2, -0.15) is 0 Å². The highest BCUT2D eigenvalue weighted by molar-refractivity contribution is 9.11. The lowest BCUT2D eigenvalue weighted by atomic mass is 10.2. The summed E-state index contributed by atoms with van der Waals surface area (Å²) in [6.07, 6.45) is 2.83. The lowest BCUT2D eigenvalue weighted by molar-refractivity contribution is 0.256. The number of benzene rings is 1. The molecule has 3 N–H and O–H groups in total. The lowest BCUT2D eigenvalue weighted by Crippen LogP contribution is -2.34. The minimum absolute atomic E-state index is 0.0421. The zero-order valence-corrected chi connectivity index (χ0v) is 16.1. The van der Waals surface area contributed by atoms with Gasteiger partial charge in [-0.1, -0.05) is 23.5 Å². The molecule has 0 aliphatic carbocycles. The van der Waals surface area contributed by atoms with Gasteiger partial charge in [0, 0.05) is 11.6 Å². The molecule has 0 saturated heterocycles. The van der Waals surface area contributed by atoms with Gasteiger partial charge in [0.05, 0.1) is 22.1 Å². The molecule has 11 heteroatoms. The number of ether oxygens (including phenoxy) is 1. The first-order valence-electron chi connectivity index (χ1n) is 7.08. The zero-order valence-electron chi connectivity index (χ0n) is 12.9. The molecule has 0 spiro atoms. The van der Waals surface area contributed by atoms with Crippen molar-refractivity contribution >= 4 is 59.4 Å². The number of anilines is 1. The van der Waals surface area contributed by atoms with Crippen LogP contribution in [0.5, 0.6) is 5.75 Å². The second kappa shape index (κ2) is 7.02. The van der Waals surface area contributed by atoms with Crippen molar-refractivity contribution < 1.29 is 17.9 Å². The predicted molar refractivity (Wildman–Crippen MR) is 98.6 cm³/mol. The molecule has 2 heterocycles. The summed E-state index contributed by atoms with van der Waals surface area (Å²) in [4.78, 5) is 18.7. The first kappa shape index (κ1) is 17.7. The number of hydrogen-bond acceptors (Lipinski definition) is 6. The molecule has 0 unspecified atom stereocenters. The zero-order chi connectivity index (χ0) is 18.0. The van der Waals surface area contributed by atoms with Crippen molar-refractivity contribution in [1.29, 1.82) is 0 Å². The number of urea groups is 1. The van der Waals surface area contributed by atoms with Crippen LogP contribution in [0.4, 0.5) is 9.93 Å². The number of nitrogens with zero attached hydrogens (tertiary/aromatic N) is 1. The fourth-order valence-corrected chi connectivity index (χ4v) is 4.39. The molecular formula is C14H13BrN4O4S2. The molecule has 8 nitrogen and oxygen atoms in total. The average molecular weight is 445 g/mol. The maximum Gasteiger partial charge on any atom is 0.334 e. The van der Waals surface area contributed by atoms with Crippen LogP contribution >= 0.6 is 27.3 Å². The van der Waals surface area contributed by atoms with E-state index in [0.717, 1.165) is 0 Å². The number of aromatic nitrogens is 2. The van der Waals surface area contributed by atoms with E-state index in [1.165, 1.54) is 23.7 Å². The summed E-state index contributed by atoms with van der Waals surface area (Å²) < 4.78 is 33.2. The topological polar surface area (TPSA) is 113 Å². The van der Waals surface area contributed by atoms with Crippen LogP contribution in [0.1, 0.15) is 6.92 Å². The van der Waals surface area contributed by atoms with E-state index in [0.29, 0.717) is 27.0 Å². The van der Waals surface area contributed by atoms with Crippen molar-refractivity contribution in [2.75, 3.05) is 11.9 Å². The number of fused-ring (bicyclic) bond motifs is 1. The number of H-pyrrole nitrogens is 1. The second-order valence-corrected chi connectivity index (χ2v) is 8.85. The van der Waals surface area contributed by atoms with E-state index in [1.807, 2.05) is 11.6 Å². The Balaban J connectivity index is 1.86. The van der Waals surface area contributed by atoms with Crippen molar-refractivity contribution in [3.63, 3.8) is 0 Å². The van der Waals surface area contributed by atoms with E-state index in [2.05, 4.69) is 31.2 Å². The fourth-order valence-electron chi connectivity index (χ4n) is 2.21. The maximum atomic E-state index is 12.5. The number of hydrogen-bond donors (Lipinski definition) is 3. The van der Waals surface area contributed by atoms with E-state index in [9.17, 15) is 13.2 Å². The van der Waals surface area contributed by atoms with Gasteiger partial charge in [0.2, 0.25) is 0 Å². The Hall–Kier alpha value is -2.11. The van der Waals surface area contributed by atoms with E-state index >= 15 is 0 Å². The van der Waals surface area contributed by atoms with Gasteiger partial charge < -0.3 is 9.72 Å². The van der Waals surface area contributed by atoms with Crippen LogP contribution in [0.25, 0.3) is 10.9 Å². The Morgan fingerprint density at radius 3 is 2.92 bits per heavy atom. The van der Waals surface area contributed by atoms with Gasteiger partial charge in [0.25, 0.3) is 10.0 Å². The highest BCUT2D eigenvalue weighted by atomic mass is 79.9. The number of aromatic amines is 1. The minimum atomic E-state index is -4.07. The second-order valence-electron chi connectivity index (χ2n) is 4.79. The SMILES string of the molecule is CCOc1cccc2c(S(=O)(=O)NC(=O)Nc3ncc(Br)s3)c[nH]c12.